The van der Waals surface area contributed by atoms with Crippen molar-refractivity contribution in [2.45, 2.75) is 38.5 Å². The zero-order valence-corrected chi connectivity index (χ0v) is 26.3. The molecule has 2 aliphatic carbocycles. The number of rotatable bonds is 1. The summed E-state index contributed by atoms with van der Waals surface area (Å²) >= 11 is 0. The van der Waals surface area contributed by atoms with Crippen LogP contribution in [0.15, 0.2) is 109 Å². The summed E-state index contributed by atoms with van der Waals surface area (Å²) in [6.07, 6.45) is 0. The van der Waals surface area contributed by atoms with Gasteiger partial charge in [-0.3, -0.25) is 0 Å². The number of aromatic hydroxyl groups is 2. The lowest BCUT2D eigenvalue weighted by molar-refractivity contribution is 0.454. The van der Waals surface area contributed by atoms with Crippen molar-refractivity contribution in [1.82, 2.24) is 0 Å². The van der Waals surface area contributed by atoms with Crippen LogP contribution in [0.25, 0.3) is 76.5 Å². The van der Waals surface area contributed by atoms with Gasteiger partial charge in [-0.1, -0.05) is 94.4 Å². The minimum atomic E-state index is -0.156. The Balaban J connectivity index is 1.26. The molecule has 10 rings (SSSR count). The van der Waals surface area contributed by atoms with Crippen LogP contribution in [0.2, 0.25) is 0 Å². The molecule has 0 heterocycles. The number of phenols is 2. The summed E-state index contributed by atoms with van der Waals surface area (Å²) in [5.41, 5.74) is 12.1. The summed E-state index contributed by atoms with van der Waals surface area (Å²) in [7, 11) is 0. The van der Waals surface area contributed by atoms with Crippen molar-refractivity contribution in [3.8, 4) is 44.9 Å². The molecule has 0 unspecified atom stereocenters. The maximum absolute atomic E-state index is 10.6. The first kappa shape index (κ1) is 25.9. The molecule has 0 aromatic heterocycles. The van der Waals surface area contributed by atoms with Crippen LogP contribution in [-0.2, 0) is 10.8 Å². The molecule has 0 saturated carbocycles. The normalized spacial score (nSPS) is 15.5. The summed E-state index contributed by atoms with van der Waals surface area (Å²) in [6, 6.07) is 38.9. The topological polar surface area (TPSA) is 40.5 Å². The van der Waals surface area contributed by atoms with Crippen molar-refractivity contribution in [3.05, 3.63) is 131 Å². The second-order valence-corrected chi connectivity index (χ2v) is 14.4. The van der Waals surface area contributed by atoms with Gasteiger partial charge < -0.3 is 10.2 Å². The summed E-state index contributed by atoms with van der Waals surface area (Å²) in [6.45, 7) is 9.53. The first-order valence-electron chi connectivity index (χ1n) is 16.1. The molecule has 0 saturated heterocycles. The Hall–Kier alpha value is -5.34. The molecule has 2 aliphatic rings. The van der Waals surface area contributed by atoms with Crippen LogP contribution in [0.4, 0.5) is 0 Å². The van der Waals surface area contributed by atoms with E-state index in [1.54, 1.807) is 18.2 Å². The number of hydrogen-bond acceptors (Lipinski definition) is 2. The molecule has 0 fully saturated rings. The third-order valence-corrected chi connectivity index (χ3v) is 11.3. The minimum Gasteiger partial charge on any atom is -0.507 e. The van der Waals surface area contributed by atoms with Gasteiger partial charge in [0.25, 0.3) is 0 Å². The second kappa shape index (κ2) is 8.27. The zero-order valence-electron chi connectivity index (χ0n) is 26.3. The monoisotopic (exact) mass is 592 g/mol. The highest BCUT2D eigenvalue weighted by molar-refractivity contribution is 6.27. The van der Waals surface area contributed by atoms with Crippen molar-refractivity contribution in [1.29, 1.82) is 0 Å². The van der Waals surface area contributed by atoms with E-state index in [1.165, 1.54) is 76.8 Å². The second-order valence-electron chi connectivity index (χ2n) is 14.4. The van der Waals surface area contributed by atoms with Crippen LogP contribution in [-0.4, -0.2) is 10.2 Å². The van der Waals surface area contributed by atoms with E-state index in [9.17, 15) is 10.2 Å². The van der Waals surface area contributed by atoms with E-state index in [4.69, 9.17) is 0 Å². The van der Waals surface area contributed by atoms with Crippen LogP contribution in [0.5, 0.6) is 11.5 Å². The Morgan fingerprint density at radius 1 is 0.413 bits per heavy atom. The van der Waals surface area contributed by atoms with Gasteiger partial charge in [-0.15, -0.1) is 0 Å². The summed E-state index contributed by atoms with van der Waals surface area (Å²) in [5.74, 6) is 0.158. The fourth-order valence-corrected chi connectivity index (χ4v) is 9.07. The highest BCUT2D eigenvalue weighted by Crippen LogP contribution is 2.59. The number of hydrogen-bond donors (Lipinski definition) is 2. The Morgan fingerprint density at radius 3 is 1.67 bits per heavy atom. The lowest BCUT2D eigenvalue weighted by Gasteiger charge is -2.24. The van der Waals surface area contributed by atoms with E-state index >= 15 is 0 Å². The van der Waals surface area contributed by atoms with Gasteiger partial charge in [-0.05, 0) is 136 Å². The molecular formula is C44H32O2. The standard InChI is InChI=1S/C44H32O2/c1-43(2)32-17-15-23-8-5-6-9-28(23)41(32)30-21-34-31(22-33(30)43)42-29-16-14-25-19-27(40-36(45)10-7-11-37(40)46)18-24-12-13-26(39(29)38(24)25)20-35(42)44(34,3)4/h5-22,45-46H,1-4H3. The summed E-state index contributed by atoms with van der Waals surface area (Å²) in [5, 5.41) is 31.2. The molecule has 0 atom stereocenters. The largest absolute Gasteiger partial charge is 0.507 e. The van der Waals surface area contributed by atoms with Crippen molar-refractivity contribution >= 4 is 43.1 Å². The highest BCUT2D eigenvalue weighted by atomic mass is 16.3. The molecule has 2 N–H and O–H groups in total. The van der Waals surface area contributed by atoms with Crippen molar-refractivity contribution in [2.75, 3.05) is 0 Å². The van der Waals surface area contributed by atoms with E-state index < -0.39 is 0 Å². The SMILES string of the molecule is CC1(C)c2cc3c(cc2-c2c1ccc1ccccc21)C(C)(C)c1cc2ccc4cc(-c5c(O)cccc5O)cc5ccc(c1-3)c2c45. The first-order valence-corrected chi connectivity index (χ1v) is 16.1. The van der Waals surface area contributed by atoms with E-state index in [0.29, 0.717) is 5.56 Å². The van der Waals surface area contributed by atoms with Gasteiger partial charge in [0, 0.05) is 10.8 Å². The van der Waals surface area contributed by atoms with Crippen LogP contribution in [0.1, 0.15) is 49.9 Å². The lowest BCUT2D eigenvalue weighted by atomic mass is 9.79. The quantitative estimate of drug-likeness (QED) is 0.186. The van der Waals surface area contributed by atoms with Crippen LogP contribution in [0.3, 0.4) is 0 Å². The van der Waals surface area contributed by atoms with E-state index in [1.807, 2.05) is 0 Å². The van der Waals surface area contributed by atoms with Crippen LogP contribution in [0, 0.1) is 0 Å². The molecule has 220 valence electrons. The summed E-state index contributed by atoms with van der Waals surface area (Å²) in [4.78, 5) is 0. The predicted molar refractivity (Wildman–Crippen MR) is 192 cm³/mol. The van der Waals surface area contributed by atoms with Crippen LogP contribution < -0.4 is 0 Å². The number of phenolic OH excluding ortho intramolecular Hbond substituents is 2. The van der Waals surface area contributed by atoms with Crippen molar-refractivity contribution in [3.63, 3.8) is 0 Å². The van der Waals surface area contributed by atoms with E-state index in [0.717, 1.165) is 16.3 Å². The van der Waals surface area contributed by atoms with Crippen LogP contribution >= 0.6 is 0 Å². The number of fused-ring (bicyclic) bond motifs is 9. The van der Waals surface area contributed by atoms with Crippen molar-refractivity contribution in [2.24, 2.45) is 0 Å². The van der Waals surface area contributed by atoms with Gasteiger partial charge >= 0.3 is 0 Å². The fraction of sp³-hybridized carbons (Fsp3) is 0.136. The molecule has 0 spiro atoms. The maximum atomic E-state index is 10.6. The Kier molecular flexibility index (Phi) is 4.66. The molecule has 2 nitrogen and oxygen atoms in total. The van der Waals surface area contributed by atoms with Gasteiger partial charge in [-0.2, -0.15) is 0 Å². The number of benzene rings is 8. The Bertz CT molecular complexity index is 2620. The zero-order chi connectivity index (χ0) is 31.3. The van der Waals surface area contributed by atoms with Gasteiger partial charge in [0.05, 0.1) is 5.56 Å². The van der Waals surface area contributed by atoms with Gasteiger partial charge in [0.1, 0.15) is 11.5 Å². The maximum Gasteiger partial charge on any atom is 0.127 e. The molecule has 0 amide bonds. The minimum absolute atomic E-state index is 0.0788. The first-order chi connectivity index (χ1) is 22.1. The van der Waals surface area contributed by atoms with Crippen molar-refractivity contribution < 1.29 is 10.2 Å². The van der Waals surface area contributed by atoms with E-state index in [-0.39, 0.29) is 22.3 Å². The Morgan fingerprint density at radius 2 is 0.978 bits per heavy atom. The lowest BCUT2D eigenvalue weighted by Crippen LogP contribution is -2.17. The molecular weight excluding hydrogens is 560 g/mol. The molecule has 2 heteroatoms. The average molecular weight is 593 g/mol. The van der Waals surface area contributed by atoms with Gasteiger partial charge in [0.15, 0.2) is 0 Å². The third kappa shape index (κ3) is 3.02. The molecule has 8 aromatic carbocycles. The molecule has 8 aromatic rings. The highest BCUT2D eigenvalue weighted by Gasteiger charge is 2.43. The average Bonchev–Trinajstić information content (AvgIpc) is 3.41. The van der Waals surface area contributed by atoms with E-state index in [2.05, 4.69) is 119 Å². The molecule has 0 bridgehead atoms. The molecule has 46 heavy (non-hydrogen) atoms. The fourth-order valence-electron chi connectivity index (χ4n) is 9.07. The summed E-state index contributed by atoms with van der Waals surface area (Å²) < 4.78 is 0. The third-order valence-electron chi connectivity index (χ3n) is 11.3. The van der Waals surface area contributed by atoms with Gasteiger partial charge in [0.2, 0.25) is 0 Å². The smallest absolute Gasteiger partial charge is 0.127 e. The Labute approximate surface area is 267 Å². The van der Waals surface area contributed by atoms with Gasteiger partial charge in [-0.25, -0.2) is 0 Å². The predicted octanol–water partition coefficient (Wildman–Crippen LogP) is 11.4. The molecule has 0 aliphatic heterocycles. The molecule has 0 radical (unpaired) electrons.